The van der Waals surface area contributed by atoms with Crippen LogP contribution in [-0.2, 0) is 6.16 Å². The quantitative estimate of drug-likeness (QED) is 0.419. The number of thiophene rings is 1. The predicted octanol–water partition coefficient (Wildman–Crippen LogP) is 2.25. The molecule has 0 aliphatic rings. The molecule has 4 aromatic rings. The second kappa shape index (κ2) is 8.77. The van der Waals surface area contributed by atoms with Crippen LogP contribution >= 0.6 is 18.6 Å². The first-order valence-electron chi connectivity index (χ1n) is 8.47. The van der Waals surface area contributed by atoms with Crippen molar-refractivity contribution in [2.75, 3.05) is 0 Å². The van der Waals surface area contributed by atoms with Crippen molar-refractivity contribution in [2.45, 2.75) is 6.16 Å². The Morgan fingerprint density at radius 1 is 0.538 bits per heavy atom. The van der Waals surface area contributed by atoms with Crippen LogP contribution in [0.25, 0.3) is 0 Å². The molecule has 0 aliphatic heterocycles. The Bertz CT molecular complexity index is 810. The summed E-state index contributed by atoms with van der Waals surface area (Å²) in [6, 6.07) is 37.6. The summed E-state index contributed by atoms with van der Waals surface area (Å²) in [4.78, 5) is 1.45. The Morgan fingerprint density at radius 2 is 0.962 bits per heavy atom. The molecule has 3 aromatic carbocycles. The van der Waals surface area contributed by atoms with Gasteiger partial charge in [0.15, 0.2) is 0 Å². The van der Waals surface area contributed by atoms with Gasteiger partial charge >= 0.3 is 0 Å². The summed E-state index contributed by atoms with van der Waals surface area (Å²) >= 11 is 1.86. The van der Waals surface area contributed by atoms with Crippen LogP contribution in [0.5, 0.6) is 0 Å². The normalized spacial score (nSPS) is 10.9. The van der Waals surface area contributed by atoms with E-state index in [-0.39, 0.29) is 17.0 Å². The molecule has 4 rings (SSSR count). The summed E-state index contributed by atoms with van der Waals surface area (Å²) < 4.78 is 0. The Hall–Kier alpha value is -1.73. The maximum atomic E-state index is 2.31. The van der Waals surface area contributed by atoms with Gasteiger partial charge in [0.05, 0.1) is 0 Å². The number of rotatable bonds is 5. The van der Waals surface area contributed by atoms with Crippen LogP contribution in [0.15, 0.2) is 109 Å². The first kappa shape index (κ1) is 19.0. The first-order chi connectivity index (χ1) is 12.4. The largest absolute Gasteiger partial charge is 1.00 e. The van der Waals surface area contributed by atoms with Crippen LogP contribution in [-0.4, -0.2) is 0 Å². The first-order valence-corrected chi connectivity index (χ1v) is 11.3. The molecule has 0 saturated carbocycles. The minimum absolute atomic E-state index is 0. The van der Waals surface area contributed by atoms with Gasteiger partial charge in [0.2, 0.25) is 0 Å². The van der Waals surface area contributed by atoms with Crippen LogP contribution in [0.4, 0.5) is 0 Å². The fraction of sp³-hybridized carbons (Fsp3) is 0.0435. The molecule has 0 atom stereocenters. The lowest BCUT2D eigenvalue weighted by atomic mass is 10.4. The van der Waals surface area contributed by atoms with Crippen molar-refractivity contribution in [1.82, 2.24) is 0 Å². The summed E-state index contributed by atoms with van der Waals surface area (Å²) in [7, 11) is -1.73. The van der Waals surface area contributed by atoms with E-state index in [1.165, 1.54) is 20.8 Å². The lowest BCUT2D eigenvalue weighted by Gasteiger charge is -2.27. The SMILES string of the molecule is [Br-].c1ccc([P+](Cc2cccs2)(c2ccccc2)c2ccccc2)cc1. The highest BCUT2D eigenvalue weighted by Gasteiger charge is 2.45. The van der Waals surface area contributed by atoms with Gasteiger partial charge in [-0.15, -0.1) is 11.3 Å². The monoisotopic (exact) mass is 438 g/mol. The van der Waals surface area contributed by atoms with Gasteiger partial charge in [-0.3, -0.25) is 0 Å². The average Bonchev–Trinajstić information content (AvgIpc) is 3.21. The highest BCUT2D eigenvalue weighted by molar-refractivity contribution is 7.95. The van der Waals surface area contributed by atoms with Crippen LogP contribution in [0.1, 0.15) is 4.88 Å². The number of hydrogen-bond acceptors (Lipinski definition) is 1. The minimum Gasteiger partial charge on any atom is -1.00 e. The Morgan fingerprint density at radius 3 is 1.31 bits per heavy atom. The zero-order chi connectivity index (χ0) is 17.0. The number of benzene rings is 3. The third-order valence-electron chi connectivity index (χ3n) is 4.56. The van der Waals surface area contributed by atoms with E-state index in [2.05, 4.69) is 109 Å². The second-order valence-corrected chi connectivity index (χ2v) is 10.6. The molecule has 3 heteroatoms. The molecule has 0 nitrogen and oxygen atoms in total. The van der Waals surface area contributed by atoms with Crippen LogP contribution in [0.3, 0.4) is 0 Å². The Balaban J connectivity index is 0.00000196. The van der Waals surface area contributed by atoms with E-state index in [9.17, 15) is 0 Å². The summed E-state index contributed by atoms with van der Waals surface area (Å²) in [5, 5.41) is 6.52. The van der Waals surface area contributed by atoms with E-state index in [0.29, 0.717) is 0 Å². The summed E-state index contributed by atoms with van der Waals surface area (Å²) in [5.74, 6) is 0. The molecule has 0 bridgehead atoms. The van der Waals surface area contributed by atoms with Crippen molar-refractivity contribution < 1.29 is 17.0 Å². The molecule has 1 heterocycles. The van der Waals surface area contributed by atoms with Gasteiger partial charge in [0, 0.05) is 4.88 Å². The summed E-state index contributed by atoms with van der Waals surface area (Å²) in [6.45, 7) is 0. The van der Waals surface area contributed by atoms with E-state index in [1.54, 1.807) is 0 Å². The second-order valence-electron chi connectivity index (χ2n) is 6.05. The van der Waals surface area contributed by atoms with Crippen molar-refractivity contribution in [2.24, 2.45) is 0 Å². The van der Waals surface area contributed by atoms with Crippen molar-refractivity contribution in [3.63, 3.8) is 0 Å². The molecule has 0 radical (unpaired) electrons. The predicted molar refractivity (Wildman–Crippen MR) is 113 cm³/mol. The minimum atomic E-state index is -1.73. The molecule has 0 saturated heterocycles. The third-order valence-corrected chi connectivity index (χ3v) is 10.0. The molecule has 0 fully saturated rings. The molecule has 130 valence electrons. The highest BCUT2D eigenvalue weighted by Crippen LogP contribution is 2.58. The van der Waals surface area contributed by atoms with Gasteiger partial charge in [-0.05, 0) is 47.8 Å². The Kier molecular flexibility index (Phi) is 6.43. The molecule has 0 unspecified atom stereocenters. The van der Waals surface area contributed by atoms with Crippen molar-refractivity contribution in [3.8, 4) is 0 Å². The van der Waals surface area contributed by atoms with E-state index in [4.69, 9.17) is 0 Å². The van der Waals surface area contributed by atoms with E-state index < -0.39 is 7.26 Å². The maximum absolute atomic E-state index is 2.31. The van der Waals surface area contributed by atoms with Crippen molar-refractivity contribution >= 4 is 34.5 Å². The summed E-state index contributed by atoms with van der Waals surface area (Å²) in [5.41, 5.74) is 0. The molecule has 0 aliphatic carbocycles. The zero-order valence-corrected chi connectivity index (χ0v) is 17.6. The standard InChI is InChI=1S/C23H20PS.BrH/c1-4-11-20(12-5-1)24(19-23-17-10-18-25-23,21-13-6-2-7-14-21)22-15-8-3-9-16-22;/h1-18H,19H2;1H/q+1;/p-1. The number of hydrogen-bond donors (Lipinski definition) is 0. The average molecular weight is 439 g/mol. The molecular weight excluding hydrogens is 419 g/mol. The molecular formula is C23H20BrPS. The lowest BCUT2D eigenvalue weighted by molar-refractivity contribution is -0.00000474. The van der Waals surface area contributed by atoms with Crippen LogP contribution < -0.4 is 32.9 Å². The van der Waals surface area contributed by atoms with Crippen molar-refractivity contribution in [1.29, 1.82) is 0 Å². The van der Waals surface area contributed by atoms with Gasteiger partial charge in [-0.1, -0.05) is 60.7 Å². The maximum Gasteiger partial charge on any atom is 0.117 e. The van der Waals surface area contributed by atoms with Gasteiger partial charge < -0.3 is 17.0 Å². The van der Waals surface area contributed by atoms with Gasteiger partial charge in [0.25, 0.3) is 0 Å². The number of halogens is 1. The fourth-order valence-electron chi connectivity index (χ4n) is 3.40. The smallest absolute Gasteiger partial charge is 0.117 e. The van der Waals surface area contributed by atoms with Crippen LogP contribution in [0.2, 0.25) is 0 Å². The summed E-state index contributed by atoms with van der Waals surface area (Å²) in [6.07, 6.45) is 1.07. The van der Waals surface area contributed by atoms with Crippen LogP contribution in [0, 0.1) is 0 Å². The molecule has 0 spiro atoms. The van der Waals surface area contributed by atoms with Gasteiger partial charge in [0.1, 0.15) is 29.3 Å². The van der Waals surface area contributed by atoms with E-state index in [1.807, 2.05) is 11.3 Å². The van der Waals surface area contributed by atoms with Gasteiger partial charge in [-0.25, -0.2) is 0 Å². The molecule has 26 heavy (non-hydrogen) atoms. The van der Waals surface area contributed by atoms with E-state index in [0.717, 1.165) is 6.16 Å². The molecule has 0 N–H and O–H groups in total. The molecule has 0 amide bonds. The topological polar surface area (TPSA) is 0 Å². The third kappa shape index (κ3) is 3.69. The van der Waals surface area contributed by atoms with Gasteiger partial charge in [-0.2, -0.15) is 0 Å². The van der Waals surface area contributed by atoms with E-state index >= 15 is 0 Å². The lowest BCUT2D eigenvalue weighted by Crippen LogP contribution is -3.00. The Labute approximate surface area is 170 Å². The fourth-order valence-corrected chi connectivity index (χ4v) is 8.83. The van der Waals surface area contributed by atoms with Crippen molar-refractivity contribution in [3.05, 3.63) is 113 Å². The molecule has 1 aromatic heterocycles. The zero-order valence-electron chi connectivity index (χ0n) is 14.3. The highest BCUT2D eigenvalue weighted by atomic mass is 79.9.